The minimum absolute atomic E-state index is 0.225. The van der Waals surface area contributed by atoms with Crippen LogP contribution in [0.1, 0.15) is 235 Å². The molecule has 4 fully saturated rings. The first-order valence-electron chi connectivity index (χ1n) is 30.5. The fourth-order valence-corrected chi connectivity index (χ4v) is 16.4. The maximum absolute atomic E-state index is 2.63. The van der Waals surface area contributed by atoms with Gasteiger partial charge in [0.05, 0.1) is 0 Å². The van der Waals surface area contributed by atoms with Crippen molar-refractivity contribution in [1.29, 1.82) is 0 Å². The fourth-order valence-electron chi connectivity index (χ4n) is 16.4. The lowest BCUT2D eigenvalue weighted by molar-refractivity contribution is 0.443. The summed E-state index contributed by atoms with van der Waals surface area (Å²) >= 11 is 0. The van der Waals surface area contributed by atoms with Crippen molar-refractivity contribution < 1.29 is 0 Å². The summed E-state index contributed by atoms with van der Waals surface area (Å²) in [5, 5.41) is 0. The minimum Gasteiger partial charge on any atom is -0.310 e. The second kappa shape index (κ2) is 20.2. The molecule has 0 spiro atoms. The maximum Gasteiger partial charge on any atom is 0.0467 e. The third kappa shape index (κ3) is 8.77. The van der Waals surface area contributed by atoms with Crippen LogP contribution in [-0.2, 0) is 10.8 Å². The van der Waals surface area contributed by atoms with Crippen molar-refractivity contribution in [3.8, 4) is 22.3 Å². The normalized spacial score (nSPS) is 19.4. The van der Waals surface area contributed by atoms with Crippen molar-refractivity contribution in [2.45, 2.75) is 204 Å². The molecule has 0 radical (unpaired) electrons. The average molecular weight is 1000 g/mol. The van der Waals surface area contributed by atoms with Gasteiger partial charge in [0, 0.05) is 45.0 Å². The van der Waals surface area contributed by atoms with Crippen LogP contribution in [0.4, 0.5) is 34.1 Å². The summed E-state index contributed by atoms with van der Waals surface area (Å²) in [6.07, 6.45) is 26.7. The Kier molecular flexibility index (Phi) is 13.2. The first-order chi connectivity index (χ1) is 37.0. The second-order valence-electron chi connectivity index (χ2n) is 25.9. The molecule has 2 heteroatoms. The molecule has 6 aliphatic carbocycles. The van der Waals surface area contributed by atoms with Crippen LogP contribution in [0, 0.1) is 13.8 Å². The highest BCUT2D eigenvalue weighted by Crippen LogP contribution is 2.62. The van der Waals surface area contributed by atoms with Crippen LogP contribution >= 0.6 is 0 Å². The number of aryl methyl sites for hydroxylation is 2. The van der Waals surface area contributed by atoms with Crippen molar-refractivity contribution >= 4 is 34.1 Å². The number of rotatable bonds is 10. The van der Waals surface area contributed by atoms with Crippen molar-refractivity contribution in [3.63, 3.8) is 0 Å². The molecule has 0 N–H and O–H groups in total. The Morgan fingerprint density at radius 1 is 0.316 bits per heavy atom. The molecule has 0 saturated heterocycles. The van der Waals surface area contributed by atoms with Gasteiger partial charge in [0.1, 0.15) is 0 Å². The highest BCUT2D eigenvalue weighted by molar-refractivity contribution is 5.96. The Balaban J connectivity index is 0.915. The zero-order valence-electron chi connectivity index (χ0n) is 47.0. The van der Waals surface area contributed by atoms with Crippen LogP contribution in [-0.4, -0.2) is 0 Å². The Bertz CT molecular complexity index is 2940. The Hall–Kier alpha value is -5.86. The van der Waals surface area contributed by atoms with Gasteiger partial charge < -0.3 is 9.80 Å². The zero-order valence-corrected chi connectivity index (χ0v) is 47.0. The summed E-state index contributed by atoms with van der Waals surface area (Å²) in [6.45, 7) is 14.9. The molecule has 0 aliphatic heterocycles. The first kappa shape index (κ1) is 49.7. The van der Waals surface area contributed by atoms with E-state index in [0.717, 1.165) is 0 Å². The molecule has 7 aromatic carbocycles. The van der Waals surface area contributed by atoms with E-state index in [1.54, 1.807) is 0 Å². The largest absolute Gasteiger partial charge is 0.310 e. The third-order valence-corrected chi connectivity index (χ3v) is 20.3. The van der Waals surface area contributed by atoms with Gasteiger partial charge in [-0.25, -0.2) is 0 Å². The monoisotopic (exact) mass is 1000 g/mol. The molecule has 0 bridgehead atoms. The standard InChI is InChI=1S/C74H84N2/c1-49-41-63(75(59-35-19-31-55(43-59)51-23-11-7-12-24-51)60-36-20-32-56(44-60)52-25-13-8-14-26-52)47-67-69(49)65-39-40-66-70-50(2)42-64(48-68(70)74(5,6)72(66)71(65)73(67,3)4)76(61-37-21-33-57(45-61)53-27-15-9-16-28-53)62-38-22-34-58(46-62)54-29-17-10-18-30-54/h19-22,31-48,51-54H,7-18,23-30H2,1-6H3. The van der Waals surface area contributed by atoms with Gasteiger partial charge in [-0.05, 0) is 240 Å². The highest BCUT2D eigenvalue weighted by atomic mass is 15.1. The van der Waals surface area contributed by atoms with E-state index in [2.05, 4.69) is 185 Å². The second-order valence-corrected chi connectivity index (χ2v) is 25.9. The topological polar surface area (TPSA) is 6.48 Å². The number of nitrogens with zero attached hydrogens (tertiary/aromatic N) is 2. The van der Waals surface area contributed by atoms with Crippen LogP contribution < -0.4 is 9.80 Å². The zero-order chi connectivity index (χ0) is 51.7. The quantitative estimate of drug-likeness (QED) is 0.135. The Morgan fingerprint density at radius 2 is 0.592 bits per heavy atom. The van der Waals surface area contributed by atoms with Crippen LogP contribution in [0.3, 0.4) is 0 Å². The van der Waals surface area contributed by atoms with Crippen molar-refractivity contribution in [1.82, 2.24) is 0 Å². The number of fused-ring (bicyclic) bond motifs is 7. The van der Waals surface area contributed by atoms with Gasteiger partial charge in [0.25, 0.3) is 0 Å². The number of benzene rings is 7. The fraction of sp³-hybridized carbons (Fsp3) is 0.432. The van der Waals surface area contributed by atoms with Crippen LogP contribution in [0.5, 0.6) is 0 Å². The average Bonchev–Trinajstić information content (AvgIpc) is 4.08. The highest BCUT2D eigenvalue weighted by Gasteiger charge is 2.47. The van der Waals surface area contributed by atoms with E-state index in [0.29, 0.717) is 23.7 Å². The van der Waals surface area contributed by atoms with Crippen LogP contribution in [0.25, 0.3) is 22.3 Å². The molecule has 0 unspecified atom stereocenters. The number of hydrogen-bond acceptors (Lipinski definition) is 2. The summed E-state index contributed by atoms with van der Waals surface area (Å²) in [5.41, 5.74) is 27.7. The molecule has 390 valence electrons. The number of hydrogen-bond donors (Lipinski definition) is 0. The molecule has 4 saturated carbocycles. The number of anilines is 6. The van der Waals surface area contributed by atoms with Gasteiger partial charge in [-0.1, -0.05) is 165 Å². The van der Waals surface area contributed by atoms with Gasteiger partial charge in [-0.15, -0.1) is 0 Å². The predicted octanol–water partition coefficient (Wildman–Crippen LogP) is 22.0. The molecule has 0 aromatic heterocycles. The van der Waals surface area contributed by atoms with Crippen molar-refractivity contribution in [3.05, 3.63) is 189 Å². The molecule has 0 heterocycles. The molecule has 13 rings (SSSR count). The predicted molar refractivity (Wildman–Crippen MR) is 324 cm³/mol. The van der Waals surface area contributed by atoms with E-state index >= 15 is 0 Å². The Labute approximate surface area is 457 Å². The van der Waals surface area contributed by atoms with Crippen LogP contribution in [0.2, 0.25) is 0 Å². The smallest absolute Gasteiger partial charge is 0.0467 e. The SMILES string of the molecule is Cc1cc(N(c2cccc(C3CCCCC3)c2)c2cccc(C3CCCCC3)c2)cc2c1-c1ccc3c(c1C2(C)C)C(C)(C)c1cc(N(c2cccc(C4CCCCC4)c2)c2cccc(C4CCCCC4)c2)cc(C)c1-3. The summed E-state index contributed by atoms with van der Waals surface area (Å²) in [5.74, 6) is 2.58. The molecule has 76 heavy (non-hydrogen) atoms. The van der Waals surface area contributed by atoms with Gasteiger partial charge in [-0.2, -0.15) is 0 Å². The molecular formula is C74H84N2. The third-order valence-electron chi connectivity index (χ3n) is 20.3. The Morgan fingerprint density at radius 3 is 0.868 bits per heavy atom. The lowest BCUT2D eigenvalue weighted by Crippen LogP contribution is -2.24. The van der Waals surface area contributed by atoms with E-state index in [9.17, 15) is 0 Å². The lowest BCUT2D eigenvalue weighted by Gasteiger charge is -2.33. The van der Waals surface area contributed by atoms with E-state index in [4.69, 9.17) is 0 Å². The molecule has 6 aliphatic rings. The van der Waals surface area contributed by atoms with Crippen molar-refractivity contribution in [2.24, 2.45) is 0 Å². The van der Waals surface area contributed by atoms with E-state index < -0.39 is 0 Å². The minimum atomic E-state index is -0.225. The summed E-state index contributed by atoms with van der Waals surface area (Å²) in [7, 11) is 0. The molecule has 0 atom stereocenters. The summed E-state index contributed by atoms with van der Waals surface area (Å²) in [4.78, 5) is 5.25. The van der Waals surface area contributed by atoms with Crippen molar-refractivity contribution in [2.75, 3.05) is 9.80 Å². The van der Waals surface area contributed by atoms with Crippen LogP contribution in [0.15, 0.2) is 133 Å². The molecule has 7 aromatic rings. The van der Waals surface area contributed by atoms with Gasteiger partial charge in [0.15, 0.2) is 0 Å². The van der Waals surface area contributed by atoms with E-state index in [-0.39, 0.29) is 10.8 Å². The van der Waals surface area contributed by atoms with Gasteiger partial charge in [0.2, 0.25) is 0 Å². The maximum atomic E-state index is 2.63. The first-order valence-corrected chi connectivity index (χ1v) is 30.5. The lowest BCUT2D eigenvalue weighted by atomic mass is 9.72. The molecule has 0 amide bonds. The van der Waals surface area contributed by atoms with E-state index in [1.165, 1.54) is 240 Å². The van der Waals surface area contributed by atoms with E-state index in [1.807, 2.05) is 0 Å². The summed E-state index contributed by atoms with van der Waals surface area (Å²) < 4.78 is 0. The van der Waals surface area contributed by atoms with Gasteiger partial charge >= 0.3 is 0 Å². The summed E-state index contributed by atoms with van der Waals surface area (Å²) in [6, 6.07) is 54.0. The van der Waals surface area contributed by atoms with Gasteiger partial charge in [-0.3, -0.25) is 0 Å². The molecule has 2 nitrogen and oxygen atoms in total. The molecular weight excluding hydrogens is 917 g/mol.